The Kier molecular flexibility index (Phi) is 3.59. The number of carboxylic acid groups (broad SMARTS) is 1. The first-order valence-electron chi connectivity index (χ1n) is 6.80. The molecule has 1 saturated heterocycles. The van der Waals surface area contributed by atoms with Gasteiger partial charge < -0.3 is 20.3 Å². The normalized spacial score (nSPS) is 19.0. The monoisotopic (exact) mass is 309 g/mol. The highest BCUT2D eigenvalue weighted by Gasteiger charge is 2.24. The van der Waals surface area contributed by atoms with E-state index in [4.69, 9.17) is 16.7 Å². The van der Waals surface area contributed by atoms with Crippen LogP contribution in [0, 0.1) is 6.92 Å². The SMILES string of the molecule is Cc1c[nH]c2nc(Cl)nc(N[C@@H]3CCCN(C(=O)O)C3)c12. The molecule has 0 aromatic carbocycles. The molecule has 3 rings (SSSR count). The molecule has 8 heteroatoms. The van der Waals surface area contributed by atoms with Crippen LogP contribution in [0.2, 0.25) is 5.28 Å². The smallest absolute Gasteiger partial charge is 0.407 e. The fourth-order valence-corrected chi connectivity index (χ4v) is 2.90. The maximum Gasteiger partial charge on any atom is 0.407 e. The number of aryl methyl sites for hydroxylation is 1. The molecule has 1 aliphatic heterocycles. The molecule has 2 aromatic heterocycles. The van der Waals surface area contributed by atoms with Crippen LogP contribution in [0.25, 0.3) is 11.0 Å². The van der Waals surface area contributed by atoms with Crippen molar-refractivity contribution in [3.05, 3.63) is 17.0 Å². The lowest BCUT2D eigenvalue weighted by Crippen LogP contribution is -2.44. The maximum absolute atomic E-state index is 11.1. The van der Waals surface area contributed by atoms with Crippen LogP contribution in [0.4, 0.5) is 10.6 Å². The predicted molar refractivity (Wildman–Crippen MR) is 79.9 cm³/mol. The van der Waals surface area contributed by atoms with E-state index in [1.165, 1.54) is 4.90 Å². The standard InChI is InChI=1S/C13H16ClN5O2/c1-7-5-15-10-9(7)11(18-12(14)17-10)16-8-3-2-4-19(6-8)13(20)21/h5,8H,2-4,6H2,1H3,(H,20,21)(H2,15,16,17,18)/t8-/m1/s1. The highest BCUT2D eigenvalue weighted by Crippen LogP contribution is 2.26. The van der Waals surface area contributed by atoms with Crippen LogP contribution in [0.15, 0.2) is 6.20 Å². The number of carbonyl (C=O) groups is 1. The third-order valence-electron chi connectivity index (χ3n) is 3.73. The van der Waals surface area contributed by atoms with Gasteiger partial charge in [-0.15, -0.1) is 0 Å². The molecule has 1 fully saturated rings. The van der Waals surface area contributed by atoms with Crippen LogP contribution in [0.5, 0.6) is 0 Å². The number of amides is 1. The van der Waals surface area contributed by atoms with Gasteiger partial charge in [0, 0.05) is 25.3 Å². The van der Waals surface area contributed by atoms with Crippen molar-refractivity contribution in [1.29, 1.82) is 0 Å². The minimum atomic E-state index is -0.884. The summed E-state index contributed by atoms with van der Waals surface area (Å²) in [6.45, 7) is 2.99. The van der Waals surface area contributed by atoms with E-state index in [9.17, 15) is 4.79 Å². The zero-order chi connectivity index (χ0) is 15.0. The van der Waals surface area contributed by atoms with Crippen molar-refractivity contribution in [2.75, 3.05) is 18.4 Å². The van der Waals surface area contributed by atoms with Crippen molar-refractivity contribution < 1.29 is 9.90 Å². The number of fused-ring (bicyclic) bond motifs is 1. The van der Waals surface area contributed by atoms with E-state index in [0.29, 0.717) is 24.6 Å². The van der Waals surface area contributed by atoms with Gasteiger partial charge in [0.1, 0.15) is 11.5 Å². The van der Waals surface area contributed by atoms with Gasteiger partial charge in [0.25, 0.3) is 0 Å². The summed E-state index contributed by atoms with van der Waals surface area (Å²) in [5, 5.41) is 13.5. The van der Waals surface area contributed by atoms with Gasteiger partial charge in [-0.3, -0.25) is 0 Å². The first kappa shape index (κ1) is 13.9. The second-order valence-electron chi connectivity index (χ2n) is 5.25. The predicted octanol–water partition coefficient (Wildman–Crippen LogP) is 2.47. The Labute approximate surface area is 126 Å². The van der Waals surface area contributed by atoms with Crippen LogP contribution < -0.4 is 5.32 Å². The minimum absolute atomic E-state index is 0.0262. The van der Waals surface area contributed by atoms with Crippen LogP contribution in [0.3, 0.4) is 0 Å². The van der Waals surface area contributed by atoms with Gasteiger partial charge in [0.2, 0.25) is 5.28 Å². The zero-order valence-corrected chi connectivity index (χ0v) is 12.3. The van der Waals surface area contributed by atoms with Crippen LogP contribution in [-0.2, 0) is 0 Å². The largest absolute Gasteiger partial charge is 0.465 e. The summed E-state index contributed by atoms with van der Waals surface area (Å²) in [6.07, 6.45) is 2.70. The number of halogens is 1. The zero-order valence-electron chi connectivity index (χ0n) is 11.6. The third kappa shape index (κ3) is 2.73. The molecule has 3 N–H and O–H groups in total. The topological polar surface area (TPSA) is 94.1 Å². The number of H-pyrrole nitrogens is 1. The van der Waals surface area contributed by atoms with Crippen LogP contribution in [-0.4, -0.2) is 50.2 Å². The van der Waals surface area contributed by atoms with Crippen molar-refractivity contribution >= 4 is 34.5 Å². The molecule has 2 aromatic rings. The Bertz CT molecular complexity index is 686. The first-order chi connectivity index (χ1) is 10.0. The average Bonchev–Trinajstić information content (AvgIpc) is 2.80. The molecule has 0 bridgehead atoms. The van der Waals surface area contributed by atoms with E-state index in [1.807, 2.05) is 13.1 Å². The van der Waals surface area contributed by atoms with Crippen molar-refractivity contribution in [3.63, 3.8) is 0 Å². The number of aromatic amines is 1. The summed E-state index contributed by atoms with van der Waals surface area (Å²) in [5.41, 5.74) is 1.70. The maximum atomic E-state index is 11.1. The van der Waals surface area contributed by atoms with Gasteiger partial charge in [-0.1, -0.05) is 0 Å². The fraction of sp³-hybridized carbons (Fsp3) is 0.462. The Morgan fingerprint density at radius 3 is 3.14 bits per heavy atom. The molecule has 0 unspecified atom stereocenters. The number of hydrogen-bond donors (Lipinski definition) is 3. The van der Waals surface area contributed by atoms with Gasteiger partial charge in [-0.05, 0) is 36.9 Å². The van der Waals surface area contributed by atoms with E-state index in [1.54, 1.807) is 0 Å². The third-order valence-corrected chi connectivity index (χ3v) is 3.90. The lowest BCUT2D eigenvalue weighted by Gasteiger charge is -2.31. The molecule has 1 aliphatic rings. The number of nitrogens with one attached hydrogen (secondary N) is 2. The molecule has 21 heavy (non-hydrogen) atoms. The Morgan fingerprint density at radius 1 is 1.57 bits per heavy atom. The molecule has 3 heterocycles. The Hall–Kier alpha value is -2.02. The number of piperidine rings is 1. The summed E-state index contributed by atoms with van der Waals surface area (Å²) >= 11 is 5.94. The number of rotatable bonds is 2. The lowest BCUT2D eigenvalue weighted by molar-refractivity contribution is 0.133. The number of aromatic nitrogens is 3. The number of nitrogens with zero attached hydrogens (tertiary/aromatic N) is 3. The van der Waals surface area contributed by atoms with E-state index >= 15 is 0 Å². The first-order valence-corrected chi connectivity index (χ1v) is 7.18. The van der Waals surface area contributed by atoms with Gasteiger partial charge in [0.05, 0.1) is 5.39 Å². The molecular weight excluding hydrogens is 294 g/mol. The molecule has 0 saturated carbocycles. The summed E-state index contributed by atoms with van der Waals surface area (Å²) in [4.78, 5) is 24.0. The molecule has 112 valence electrons. The molecule has 1 atom stereocenters. The molecule has 0 radical (unpaired) electrons. The molecule has 0 spiro atoms. The van der Waals surface area contributed by atoms with Crippen molar-refractivity contribution in [1.82, 2.24) is 19.9 Å². The van der Waals surface area contributed by atoms with Crippen molar-refractivity contribution in [2.45, 2.75) is 25.8 Å². The Balaban J connectivity index is 1.87. The molecular formula is C13H16ClN5O2. The quantitative estimate of drug-likeness (QED) is 0.741. The van der Waals surface area contributed by atoms with Gasteiger partial charge in [-0.2, -0.15) is 4.98 Å². The molecule has 7 nitrogen and oxygen atoms in total. The second-order valence-corrected chi connectivity index (χ2v) is 5.59. The summed E-state index contributed by atoms with van der Waals surface area (Å²) in [5.74, 6) is 0.654. The number of likely N-dealkylation sites (tertiary alicyclic amines) is 1. The van der Waals surface area contributed by atoms with Crippen molar-refractivity contribution in [3.8, 4) is 0 Å². The second kappa shape index (κ2) is 5.40. The van der Waals surface area contributed by atoms with Gasteiger partial charge in [0.15, 0.2) is 0 Å². The van der Waals surface area contributed by atoms with E-state index in [2.05, 4.69) is 20.3 Å². The van der Waals surface area contributed by atoms with E-state index in [-0.39, 0.29) is 11.3 Å². The van der Waals surface area contributed by atoms with E-state index < -0.39 is 6.09 Å². The van der Waals surface area contributed by atoms with Gasteiger partial charge in [-0.25, -0.2) is 9.78 Å². The lowest BCUT2D eigenvalue weighted by atomic mass is 10.1. The minimum Gasteiger partial charge on any atom is -0.465 e. The molecule has 0 aliphatic carbocycles. The summed E-state index contributed by atoms with van der Waals surface area (Å²) in [6, 6.07) is 0.0262. The fourth-order valence-electron chi connectivity index (χ4n) is 2.73. The number of hydrogen-bond acceptors (Lipinski definition) is 4. The summed E-state index contributed by atoms with van der Waals surface area (Å²) in [7, 11) is 0. The van der Waals surface area contributed by atoms with Crippen molar-refractivity contribution in [2.24, 2.45) is 0 Å². The van der Waals surface area contributed by atoms with Gasteiger partial charge >= 0.3 is 6.09 Å². The Morgan fingerprint density at radius 2 is 2.38 bits per heavy atom. The molecule has 1 amide bonds. The van der Waals surface area contributed by atoms with E-state index in [0.717, 1.165) is 23.8 Å². The highest BCUT2D eigenvalue weighted by molar-refractivity contribution is 6.28. The average molecular weight is 310 g/mol. The number of anilines is 1. The van der Waals surface area contributed by atoms with Crippen LogP contribution in [0.1, 0.15) is 18.4 Å². The van der Waals surface area contributed by atoms with Crippen LogP contribution >= 0.6 is 11.6 Å². The summed E-state index contributed by atoms with van der Waals surface area (Å²) < 4.78 is 0. The highest BCUT2D eigenvalue weighted by atomic mass is 35.5.